The van der Waals surface area contributed by atoms with Gasteiger partial charge in [-0.05, 0) is 19.1 Å². The molecule has 0 amide bonds. The third kappa shape index (κ3) is 8.29. The second-order valence-corrected chi connectivity index (χ2v) is 5.60. The molecule has 4 nitrogen and oxygen atoms in total. The maximum absolute atomic E-state index is 9.80. The van der Waals surface area contributed by atoms with Crippen LogP contribution < -0.4 is 10.1 Å². The number of rotatable bonds is 10. The molecule has 1 rings (SSSR count). The zero-order chi connectivity index (χ0) is 15.7. The third-order valence-corrected chi connectivity index (χ3v) is 3.02. The Morgan fingerprint density at radius 1 is 1.43 bits per heavy atom. The average molecular weight is 334 g/mol. The van der Waals surface area contributed by atoms with Gasteiger partial charge in [-0.3, -0.25) is 0 Å². The summed E-state index contributed by atoms with van der Waals surface area (Å²) in [7, 11) is 0. The summed E-state index contributed by atoms with van der Waals surface area (Å²) in [5.41, 5.74) is 0.988. The minimum atomic E-state index is -0.638. The first-order valence-electron chi connectivity index (χ1n) is 6.68. The predicted molar refractivity (Wildman–Crippen MR) is 86.5 cm³/mol. The molecule has 1 aromatic rings. The molecule has 0 aliphatic heterocycles. The van der Waals surface area contributed by atoms with Crippen LogP contribution in [0.2, 0.25) is 10.0 Å². The van der Waals surface area contributed by atoms with E-state index in [1.807, 2.05) is 6.92 Å². The molecular weight excluding hydrogens is 313 g/mol. The van der Waals surface area contributed by atoms with Crippen LogP contribution in [0.15, 0.2) is 30.4 Å². The normalized spacial score (nSPS) is 12.2. The predicted octanol–water partition coefficient (Wildman–Crippen LogP) is 2.92. The largest absolute Gasteiger partial charge is 0.489 e. The first-order valence-corrected chi connectivity index (χ1v) is 7.43. The van der Waals surface area contributed by atoms with E-state index in [9.17, 15) is 5.11 Å². The molecule has 6 heteroatoms. The van der Waals surface area contributed by atoms with Crippen LogP contribution in [0.3, 0.4) is 0 Å². The van der Waals surface area contributed by atoms with Gasteiger partial charge in [0.15, 0.2) is 0 Å². The van der Waals surface area contributed by atoms with Crippen molar-refractivity contribution in [3.05, 3.63) is 40.4 Å². The van der Waals surface area contributed by atoms with Crippen LogP contribution in [-0.4, -0.2) is 44.1 Å². The Balaban J connectivity index is 2.15. The average Bonchev–Trinajstić information content (AvgIpc) is 2.43. The van der Waals surface area contributed by atoms with Crippen molar-refractivity contribution in [1.29, 1.82) is 0 Å². The van der Waals surface area contributed by atoms with Crippen molar-refractivity contribution in [3.8, 4) is 5.75 Å². The Labute approximate surface area is 135 Å². The van der Waals surface area contributed by atoms with E-state index in [-0.39, 0.29) is 6.61 Å². The molecule has 2 N–H and O–H groups in total. The number of aliphatic hydroxyl groups is 1. The van der Waals surface area contributed by atoms with E-state index in [2.05, 4.69) is 11.9 Å². The lowest BCUT2D eigenvalue weighted by atomic mass is 10.3. The van der Waals surface area contributed by atoms with E-state index in [0.29, 0.717) is 42.1 Å². The van der Waals surface area contributed by atoms with Crippen LogP contribution in [0.5, 0.6) is 5.75 Å². The number of hydrogen-bond donors (Lipinski definition) is 2. The van der Waals surface area contributed by atoms with Gasteiger partial charge in [0.1, 0.15) is 18.5 Å². The second-order valence-electron chi connectivity index (χ2n) is 4.75. The number of aliphatic hydroxyl groups excluding tert-OH is 1. The fraction of sp³-hybridized carbons (Fsp3) is 0.467. The molecular formula is C15H21Cl2NO3. The number of nitrogens with one attached hydrogen (secondary N) is 1. The van der Waals surface area contributed by atoms with E-state index in [0.717, 1.165) is 5.57 Å². The molecule has 0 radical (unpaired) electrons. The molecule has 0 heterocycles. The highest BCUT2D eigenvalue weighted by atomic mass is 35.5. The molecule has 0 saturated carbocycles. The van der Waals surface area contributed by atoms with E-state index < -0.39 is 6.10 Å². The molecule has 1 unspecified atom stereocenters. The fourth-order valence-corrected chi connectivity index (χ4v) is 1.83. The summed E-state index contributed by atoms with van der Waals surface area (Å²) in [6.45, 7) is 7.99. The lowest BCUT2D eigenvalue weighted by Crippen LogP contribution is -2.33. The Kier molecular flexibility index (Phi) is 8.73. The minimum absolute atomic E-state index is 0.139. The Morgan fingerprint density at radius 3 is 2.90 bits per heavy atom. The summed E-state index contributed by atoms with van der Waals surface area (Å²) in [4.78, 5) is 0. The minimum Gasteiger partial charge on any atom is -0.489 e. The van der Waals surface area contributed by atoms with Crippen LogP contribution >= 0.6 is 23.2 Å². The highest BCUT2D eigenvalue weighted by molar-refractivity contribution is 6.34. The van der Waals surface area contributed by atoms with Crippen molar-refractivity contribution in [2.45, 2.75) is 13.0 Å². The van der Waals surface area contributed by atoms with Crippen molar-refractivity contribution >= 4 is 23.2 Å². The van der Waals surface area contributed by atoms with Gasteiger partial charge < -0.3 is 19.9 Å². The monoisotopic (exact) mass is 333 g/mol. The van der Waals surface area contributed by atoms with Crippen molar-refractivity contribution < 1.29 is 14.6 Å². The van der Waals surface area contributed by atoms with Gasteiger partial charge >= 0.3 is 0 Å². The molecule has 0 aliphatic carbocycles. The first-order chi connectivity index (χ1) is 9.99. The summed E-state index contributed by atoms with van der Waals surface area (Å²) >= 11 is 11.8. The number of hydrogen-bond acceptors (Lipinski definition) is 4. The van der Waals surface area contributed by atoms with Gasteiger partial charge in [-0.1, -0.05) is 35.4 Å². The fourth-order valence-electron chi connectivity index (χ4n) is 1.49. The first kappa shape index (κ1) is 18.3. The molecule has 118 valence electrons. The van der Waals surface area contributed by atoms with Crippen molar-refractivity contribution in [1.82, 2.24) is 5.32 Å². The van der Waals surface area contributed by atoms with Crippen LogP contribution in [0.4, 0.5) is 0 Å². The molecule has 1 aromatic carbocycles. The summed E-state index contributed by atoms with van der Waals surface area (Å²) in [5, 5.41) is 13.9. The quantitative estimate of drug-likeness (QED) is 0.510. The van der Waals surface area contributed by atoms with E-state index in [1.54, 1.807) is 18.2 Å². The van der Waals surface area contributed by atoms with E-state index >= 15 is 0 Å². The standard InChI is InChI=1S/C15H21Cl2NO3/c1-11(2)9-20-6-5-18-8-13(19)10-21-15-7-12(16)3-4-14(15)17/h3-4,7,13,18-19H,1,5-6,8-10H2,2H3. The zero-order valence-corrected chi connectivity index (χ0v) is 13.6. The third-order valence-electron chi connectivity index (χ3n) is 2.48. The van der Waals surface area contributed by atoms with Gasteiger partial charge in [0.05, 0.1) is 18.2 Å². The highest BCUT2D eigenvalue weighted by Gasteiger charge is 2.07. The van der Waals surface area contributed by atoms with E-state index in [4.69, 9.17) is 32.7 Å². The maximum atomic E-state index is 9.80. The summed E-state index contributed by atoms with van der Waals surface area (Å²) < 4.78 is 10.8. The van der Waals surface area contributed by atoms with Crippen molar-refractivity contribution in [3.63, 3.8) is 0 Å². The molecule has 0 saturated heterocycles. The van der Waals surface area contributed by atoms with Gasteiger partial charge in [0.2, 0.25) is 0 Å². The van der Waals surface area contributed by atoms with Gasteiger partial charge in [0.25, 0.3) is 0 Å². The molecule has 1 atom stereocenters. The van der Waals surface area contributed by atoms with Gasteiger partial charge in [-0.25, -0.2) is 0 Å². The molecule has 0 aromatic heterocycles. The lowest BCUT2D eigenvalue weighted by molar-refractivity contribution is 0.101. The zero-order valence-electron chi connectivity index (χ0n) is 12.1. The van der Waals surface area contributed by atoms with Crippen molar-refractivity contribution in [2.75, 3.05) is 32.9 Å². The van der Waals surface area contributed by atoms with Crippen LogP contribution in [-0.2, 0) is 4.74 Å². The Hall–Kier alpha value is -0.780. The molecule has 0 aliphatic rings. The van der Waals surface area contributed by atoms with Crippen LogP contribution in [0.25, 0.3) is 0 Å². The summed E-state index contributed by atoms with van der Waals surface area (Å²) in [5.74, 6) is 0.466. The summed E-state index contributed by atoms with van der Waals surface area (Å²) in [6, 6.07) is 4.96. The SMILES string of the molecule is C=C(C)COCCNCC(O)COc1cc(Cl)ccc1Cl. The Bertz CT molecular complexity index is 455. The number of ether oxygens (including phenoxy) is 2. The van der Waals surface area contributed by atoms with Crippen molar-refractivity contribution in [2.24, 2.45) is 0 Å². The second kappa shape index (κ2) is 10.0. The van der Waals surface area contributed by atoms with Gasteiger partial charge in [-0.2, -0.15) is 0 Å². The van der Waals surface area contributed by atoms with Crippen LogP contribution in [0, 0.1) is 0 Å². The smallest absolute Gasteiger partial charge is 0.139 e. The Morgan fingerprint density at radius 2 is 2.19 bits per heavy atom. The van der Waals surface area contributed by atoms with Gasteiger partial charge in [-0.15, -0.1) is 0 Å². The van der Waals surface area contributed by atoms with Crippen LogP contribution in [0.1, 0.15) is 6.92 Å². The molecule has 0 spiro atoms. The highest BCUT2D eigenvalue weighted by Crippen LogP contribution is 2.27. The number of halogens is 2. The molecule has 0 fully saturated rings. The number of benzene rings is 1. The van der Waals surface area contributed by atoms with Gasteiger partial charge in [0, 0.05) is 24.2 Å². The molecule has 21 heavy (non-hydrogen) atoms. The lowest BCUT2D eigenvalue weighted by Gasteiger charge is -2.14. The van der Waals surface area contributed by atoms with E-state index in [1.165, 1.54) is 0 Å². The summed E-state index contributed by atoms with van der Waals surface area (Å²) in [6.07, 6.45) is -0.638. The topological polar surface area (TPSA) is 50.7 Å². The maximum Gasteiger partial charge on any atom is 0.139 e. The molecule has 0 bridgehead atoms.